The van der Waals surface area contributed by atoms with Crippen LogP contribution in [0.5, 0.6) is 0 Å². The highest BCUT2D eigenvalue weighted by Crippen LogP contribution is 2.36. The molecule has 1 aromatic rings. The third kappa shape index (κ3) is 1.98. The SMILES string of the molecule is O=C(O)c1cccc(Cl)c1C(F)(F)F. The number of alkyl halides is 3. The summed E-state index contributed by atoms with van der Waals surface area (Å²) < 4.78 is 37.0. The van der Waals surface area contributed by atoms with E-state index in [1.165, 1.54) is 0 Å². The summed E-state index contributed by atoms with van der Waals surface area (Å²) in [6, 6.07) is 3.01. The maximum absolute atomic E-state index is 12.3. The largest absolute Gasteiger partial charge is 0.478 e. The lowest BCUT2D eigenvalue weighted by Crippen LogP contribution is -2.13. The van der Waals surface area contributed by atoms with Crippen molar-refractivity contribution in [2.24, 2.45) is 0 Å². The first kappa shape index (κ1) is 10.8. The molecule has 1 rings (SSSR count). The zero-order chi connectivity index (χ0) is 10.9. The van der Waals surface area contributed by atoms with Crippen molar-refractivity contribution in [3.8, 4) is 0 Å². The molecule has 14 heavy (non-hydrogen) atoms. The van der Waals surface area contributed by atoms with Crippen LogP contribution < -0.4 is 0 Å². The molecule has 1 aromatic carbocycles. The average molecular weight is 225 g/mol. The van der Waals surface area contributed by atoms with Crippen LogP contribution in [0.3, 0.4) is 0 Å². The highest BCUT2D eigenvalue weighted by molar-refractivity contribution is 6.31. The van der Waals surface area contributed by atoms with Crippen molar-refractivity contribution in [3.05, 3.63) is 34.3 Å². The molecule has 6 heteroatoms. The van der Waals surface area contributed by atoms with Gasteiger partial charge < -0.3 is 5.11 Å². The molecule has 0 aliphatic rings. The number of halogens is 4. The van der Waals surface area contributed by atoms with E-state index in [4.69, 9.17) is 16.7 Å². The van der Waals surface area contributed by atoms with Gasteiger partial charge >= 0.3 is 12.1 Å². The number of carboxylic acid groups (broad SMARTS) is 1. The summed E-state index contributed by atoms with van der Waals surface area (Å²) in [5.41, 5.74) is -2.15. The van der Waals surface area contributed by atoms with Crippen molar-refractivity contribution in [2.45, 2.75) is 6.18 Å². The molecule has 0 aliphatic carbocycles. The van der Waals surface area contributed by atoms with Gasteiger partial charge in [0.25, 0.3) is 0 Å². The van der Waals surface area contributed by atoms with Crippen LogP contribution in [0.1, 0.15) is 15.9 Å². The second-order valence-corrected chi connectivity index (χ2v) is 2.87. The Labute approximate surface area is 81.9 Å². The molecule has 76 valence electrons. The number of carboxylic acids is 1. The summed E-state index contributed by atoms with van der Waals surface area (Å²) in [6.07, 6.45) is -4.76. The highest BCUT2D eigenvalue weighted by Gasteiger charge is 2.37. The Morgan fingerprint density at radius 3 is 2.29 bits per heavy atom. The lowest BCUT2D eigenvalue weighted by molar-refractivity contribution is -0.138. The fraction of sp³-hybridized carbons (Fsp3) is 0.125. The topological polar surface area (TPSA) is 37.3 Å². The minimum atomic E-state index is -4.76. The summed E-state index contributed by atoms with van der Waals surface area (Å²) in [4.78, 5) is 10.5. The molecule has 0 fully saturated rings. The van der Waals surface area contributed by atoms with E-state index in [1.807, 2.05) is 0 Å². The van der Waals surface area contributed by atoms with Gasteiger partial charge in [-0.15, -0.1) is 0 Å². The predicted octanol–water partition coefficient (Wildman–Crippen LogP) is 3.06. The van der Waals surface area contributed by atoms with E-state index >= 15 is 0 Å². The Bertz CT molecular complexity index is 373. The Morgan fingerprint density at radius 2 is 1.93 bits per heavy atom. The van der Waals surface area contributed by atoms with Crippen LogP contribution >= 0.6 is 11.6 Å². The standard InChI is InChI=1S/C8H4ClF3O2/c9-5-3-1-2-4(7(13)14)6(5)8(10,11)12/h1-3H,(H,13,14). The maximum atomic E-state index is 12.3. The number of carbonyl (C=O) groups is 1. The van der Waals surface area contributed by atoms with Gasteiger partial charge in [-0.1, -0.05) is 17.7 Å². The monoisotopic (exact) mass is 224 g/mol. The Morgan fingerprint density at radius 1 is 1.36 bits per heavy atom. The first-order valence-electron chi connectivity index (χ1n) is 3.43. The Kier molecular flexibility index (Phi) is 2.71. The number of hydrogen-bond acceptors (Lipinski definition) is 1. The highest BCUT2D eigenvalue weighted by atomic mass is 35.5. The molecule has 0 atom stereocenters. The molecule has 0 amide bonds. The van der Waals surface area contributed by atoms with Crippen molar-refractivity contribution in [1.29, 1.82) is 0 Å². The zero-order valence-corrected chi connectivity index (χ0v) is 7.36. The van der Waals surface area contributed by atoms with Crippen molar-refractivity contribution >= 4 is 17.6 Å². The van der Waals surface area contributed by atoms with Crippen LogP contribution in [0.15, 0.2) is 18.2 Å². The van der Waals surface area contributed by atoms with Crippen molar-refractivity contribution in [1.82, 2.24) is 0 Å². The van der Waals surface area contributed by atoms with Gasteiger partial charge in [-0.2, -0.15) is 13.2 Å². The van der Waals surface area contributed by atoms with Crippen LogP contribution in [0.25, 0.3) is 0 Å². The second-order valence-electron chi connectivity index (χ2n) is 2.47. The fourth-order valence-electron chi connectivity index (χ4n) is 0.990. The normalized spacial score (nSPS) is 11.4. The van der Waals surface area contributed by atoms with Crippen molar-refractivity contribution in [2.75, 3.05) is 0 Å². The molecule has 2 nitrogen and oxygen atoms in total. The van der Waals surface area contributed by atoms with Gasteiger partial charge in [0, 0.05) is 0 Å². The van der Waals surface area contributed by atoms with E-state index in [-0.39, 0.29) is 0 Å². The number of aromatic carboxylic acids is 1. The first-order chi connectivity index (χ1) is 6.34. The maximum Gasteiger partial charge on any atom is 0.418 e. The van der Waals surface area contributed by atoms with E-state index in [1.54, 1.807) is 0 Å². The van der Waals surface area contributed by atoms with Gasteiger partial charge in [0.05, 0.1) is 16.1 Å². The summed E-state index contributed by atoms with van der Waals surface area (Å²) in [5.74, 6) is -1.65. The number of rotatable bonds is 1. The second kappa shape index (κ2) is 3.49. The Hall–Kier alpha value is -1.23. The lowest BCUT2D eigenvalue weighted by Gasteiger charge is -2.11. The molecule has 0 aromatic heterocycles. The smallest absolute Gasteiger partial charge is 0.418 e. The predicted molar refractivity (Wildman–Crippen MR) is 43.4 cm³/mol. The third-order valence-corrected chi connectivity index (χ3v) is 1.84. The average Bonchev–Trinajstić information content (AvgIpc) is 2.01. The van der Waals surface area contributed by atoms with E-state index < -0.39 is 28.3 Å². The zero-order valence-electron chi connectivity index (χ0n) is 6.60. The molecule has 0 radical (unpaired) electrons. The first-order valence-corrected chi connectivity index (χ1v) is 3.81. The third-order valence-electron chi connectivity index (χ3n) is 1.53. The summed E-state index contributed by atoms with van der Waals surface area (Å²) >= 11 is 5.27. The Balaban J connectivity index is 3.45. The van der Waals surface area contributed by atoms with E-state index in [0.29, 0.717) is 0 Å². The van der Waals surface area contributed by atoms with Crippen molar-refractivity contribution < 1.29 is 23.1 Å². The minimum absolute atomic E-state index is 0.614. The lowest BCUT2D eigenvalue weighted by atomic mass is 10.1. The van der Waals surface area contributed by atoms with Gasteiger partial charge in [-0.3, -0.25) is 0 Å². The van der Waals surface area contributed by atoms with Gasteiger partial charge in [0.1, 0.15) is 0 Å². The van der Waals surface area contributed by atoms with Crippen molar-refractivity contribution in [3.63, 3.8) is 0 Å². The molecular weight excluding hydrogens is 221 g/mol. The summed E-state index contributed by atoms with van der Waals surface area (Å²) in [7, 11) is 0. The van der Waals surface area contributed by atoms with Crippen LogP contribution in [0, 0.1) is 0 Å². The van der Waals surface area contributed by atoms with Crippen LogP contribution in [-0.4, -0.2) is 11.1 Å². The van der Waals surface area contributed by atoms with E-state index in [2.05, 4.69) is 0 Å². The van der Waals surface area contributed by atoms with Gasteiger partial charge in [0.15, 0.2) is 0 Å². The van der Waals surface area contributed by atoms with Gasteiger partial charge in [-0.25, -0.2) is 4.79 Å². The van der Waals surface area contributed by atoms with E-state index in [0.717, 1.165) is 18.2 Å². The van der Waals surface area contributed by atoms with Crippen LogP contribution in [0.2, 0.25) is 5.02 Å². The van der Waals surface area contributed by atoms with Gasteiger partial charge in [-0.05, 0) is 12.1 Å². The molecule has 0 saturated heterocycles. The molecule has 0 saturated carbocycles. The number of hydrogen-bond donors (Lipinski definition) is 1. The minimum Gasteiger partial charge on any atom is -0.478 e. The summed E-state index contributed by atoms with van der Waals surface area (Å²) in [5, 5.41) is 7.88. The molecule has 1 N–H and O–H groups in total. The molecule has 0 heterocycles. The molecule has 0 bridgehead atoms. The van der Waals surface area contributed by atoms with Crippen LogP contribution in [-0.2, 0) is 6.18 Å². The molecule has 0 aliphatic heterocycles. The van der Waals surface area contributed by atoms with Gasteiger partial charge in [0.2, 0.25) is 0 Å². The molecule has 0 unspecified atom stereocenters. The molecule has 0 spiro atoms. The number of benzene rings is 1. The van der Waals surface area contributed by atoms with Crippen LogP contribution in [0.4, 0.5) is 13.2 Å². The fourth-order valence-corrected chi connectivity index (χ4v) is 1.27. The summed E-state index contributed by atoms with van der Waals surface area (Å²) in [6.45, 7) is 0. The quantitative estimate of drug-likeness (QED) is 0.796. The molecular formula is C8H4ClF3O2. The van der Waals surface area contributed by atoms with E-state index in [9.17, 15) is 18.0 Å².